The van der Waals surface area contributed by atoms with Crippen molar-refractivity contribution in [2.24, 2.45) is 0 Å². The molecule has 0 saturated carbocycles. The fourth-order valence-corrected chi connectivity index (χ4v) is 6.12. The van der Waals surface area contributed by atoms with Crippen molar-refractivity contribution in [1.82, 2.24) is 0 Å². The summed E-state index contributed by atoms with van der Waals surface area (Å²) in [6.45, 7) is 1.79. The first-order valence-corrected chi connectivity index (χ1v) is 23.4. The van der Waals surface area contributed by atoms with E-state index in [0.717, 1.165) is 44.9 Å². The molecule has 0 amide bonds. The number of aliphatic hydroxyl groups is 5. The Morgan fingerprint density at radius 3 is 1.82 bits per heavy atom. The normalized spacial score (nSPS) is 16.2. The third-order valence-corrected chi connectivity index (χ3v) is 9.84. The van der Waals surface area contributed by atoms with Gasteiger partial charge in [0.2, 0.25) is 0 Å². The number of hydrogen-bond donors (Lipinski definition) is 6. The van der Waals surface area contributed by atoms with Gasteiger partial charge >= 0.3 is 19.8 Å². The van der Waals surface area contributed by atoms with E-state index in [-0.39, 0.29) is 25.7 Å². The molecule has 60 heavy (non-hydrogen) atoms. The van der Waals surface area contributed by atoms with Gasteiger partial charge in [-0.1, -0.05) is 150 Å². The van der Waals surface area contributed by atoms with Crippen LogP contribution >= 0.6 is 7.82 Å². The molecule has 0 bridgehead atoms. The van der Waals surface area contributed by atoms with E-state index in [0.29, 0.717) is 12.8 Å². The number of rotatable bonds is 39. The zero-order valence-electron chi connectivity index (χ0n) is 36.2. The molecule has 14 heteroatoms. The summed E-state index contributed by atoms with van der Waals surface area (Å²) in [7, 11) is -4.73. The van der Waals surface area contributed by atoms with Crippen LogP contribution in [0.15, 0.2) is 85.1 Å². The van der Waals surface area contributed by atoms with E-state index in [9.17, 15) is 39.5 Å². The van der Waals surface area contributed by atoms with Gasteiger partial charge in [0.05, 0.1) is 38.1 Å². The van der Waals surface area contributed by atoms with Crippen molar-refractivity contribution in [2.75, 3.05) is 26.4 Å². The van der Waals surface area contributed by atoms with Crippen LogP contribution in [0.3, 0.4) is 0 Å². The Hall–Kier alpha value is -2.97. The first kappa shape index (κ1) is 57.0. The molecular weight excluding hydrogens is 791 g/mol. The quantitative estimate of drug-likeness (QED) is 0.0113. The summed E-state index contributed by atoms with van der Waals surface area (Å²) in [6.07, 6.45) is 36.3. The van der Waals surface area contributed by atoms with Crippen molar-refractivity contribution in [3.63, 3.8) is 0 Å². The van der Waals surface area contributed by atoms with Crippen LogP contribution in [-0.2, 0) is 32.7 Å². The van der Waals surface area contributed by atoms with Crippen LogP contribution in [0.4, 0.5) is 0 Å². The molecule has 0 aromatic heterocycles. The number of esters is 2. The molecule has 0 saturated heterocycles. The van der Waals surface area contributed by atoms with Crippen molar-refractivity contribution < 1.29 is 63.1 Å². The topological polar surface area (TPSA) is 210 Å². The number of phosphoric acid groups is 1. The first-order chi connectivity index (χ1) is 28.9. The van der Waals surface area contributed by atoms with E-state index in [4.69, 9.17) is 19.1 Å². The van der Waals surface area contributed by atoms with Gasteiger partial charge in [-0.05, 0) is 57.8 Å². The maximum Gasteiger partial charge on any atom is 0.472 e. The second-order valence-corrected chi connectivity index (χ2v) is 16.0. The molecule has 0 radical (unpaired) electrons. The molecule has 0 heterocycles. The molecular formula is C46H77O13P. The zero-order chi connectivity index (χ0) is 44.5. The summed E-state index contributed by atoms with van der Waals surface area (Å²) in [5, 5.41) is 48.8. The van der Waals surface area contributed by atoms with Crippen molar-refractivity contribution in [3.8, 4) is 0 Å². The van der Waals surface area contributed by atoms with Gasteiger partial charge in [-0.25, -0.2) is 4.57 Å². The van der Waals surface area contributed by atoms with Gasteiger partial charge in [-0.2, -0.15) is 0 Å². The third kappa shape index (κ3) is 38.0. The molecule has 6 N–H and O–H groups in total. The average molecular weight is 869 g/mol. The standard InChI is InChI=1S/C46H77O13P/c1-3-5-7-8-9-10-11-12-13-14-15-16-17-18-19-24-28-34-45(52)56-38-42(39-58-60(54,55)57-37-41(49)36-47)59-46(53)35-29-33-44(51)43(50)32-27-23-21-20-22-26-31-40(48)30-25-6-4-2/h12-13,15-16,18-23,26-27,31-32,40-44,47-51H,3-11,14,17,24-25,28-30,33-39H2,1-2H3,(H,54,55)/b13-12-,16-15-,19-18-,22-20-,23-21+,31-26+,32-27+/t40-,41-,42+,43-,44-/m0/s1. The number of phosphoric ester groups is 1. The molecule has 0 aliphatic heterocycles. The van der Waals surface area contributed by atoms with Crippen LogP contribution in [-0.4, -0.2) is 99.3 Å². The number of ether oxygens (including phenoxy) is 2. The maximum atomic E-state index is 12.6. The van der Waals surface area contributed by atoms with Gasteiger partial charge in [-0.15, -0.1) is 0 Å². The van der Waals surface area contributed by atoms with E-state index < -0.39 is 76.7 Å². The Labute approximate surface area is 359 Å². The average Bonchev–Trinajstić information content (AvgIpc) is 3.22. The zero-order valence-corrected chi connectivity index (χ0v) is 37.1. The van der Waals surface area contributed by atoms with E-state index in [2.05, 4.69) is 42.7 Å². The SMILES string of the molecule is CCCCCCCC/C=C\C/C=C\C/C=C\CCCC(=O)OC[C@H](COP(=O)(O)OC[C@@H](O)CO)OC(=O)CCC[C@H](O)[C@@H](O)/C=C/C=C/C=C\C=C\[C@@H](O)CCCCC. The number of hydrogen-bond acceptors (Lipinski definition) is 12. The minimum Gasteiger partial charge on any atom is -0.462 e. The molecule has 0 fully saturated rings. The van der Waals surface area contributed by atoms with Crippen LogP contribution in [0, 0.1) is 0 Å². The summed E-state index contributed by atoms with van der Waals surface area (Å²) < 4.78 is 32.4. The lowest BCUT2D eigenvalue weighted by Crippen LogP contribution is -2.30. The summed E-state index contributed by atoms with van der Waals surface area (Å²) in [5.74, 6) is -1.32. The molecule has 0 aliphatic carbocycles. The smallest absolute Gasteiger partial charge is 0.462 e. The molecule has 0 spiro atoms. The van der Waals surface area contributed by atoms with E-state index in [1.54, 1.807) is 42.5 Å². The predicted molar refractivity (Wildman–Crippen MR) is 237 cm³/mol. The Kier molecular flexibility index (Phi) is 38.1. The van der Waals surface area contributed by atoms with E-state index >= 15 is 0 Å². The maximum absolute atomic E-state index is 12.6. The monoisotopic (exact) mass is 869 g/mol. The highest BCUT2D eigenvalue weighted by Gasteiger charge is 2.27. The number of unbranched alkanes of at least 4 members (excludes halogenated alkanes) is 9. The second kappa shape index (κ2) is 40.1. The highest BCUT2D eigenvalue weighted by Crippen LogP contribution is 2.43. The number of carbonyl (C=O) groups is 2. The highest BCUT2D eigenvalue weighted by atomic mass is 31.2. The minimum atomic E-state index is -4.73. The lowest BCUT2D eigenvalue weighted by molar-refractivity contribution is -0.161. The van der Waals surface area contributed by atoms with E-state index in [1.165, 1.54) is 44.6 Å². The Balaban J connectivity index is 4.73. The second-order valence-electron chi connectivity index (χ2n) is 14.6. The molecule has 0 aromatic rings. The Morgan fingerprint density at radius 2 is 1.15 bits per heavy atom. The van der Waals surface area contributed by atoms with Crippen molar-refractivity contribution in [3.05, 3.63) is 85.1 Å². The summed E-state index contributed by atoms with van der Waals surface area (Å²) in [4.78, 5) is 35.0. The van der Waals surface area contributed by atoms with Gasteiger partial charge < -0.3 is 39.9 Å². The third-order valence-electron chi connectivity index (χ3n) is 8.89. The first-order valence-electron chi connectivity index (χ1n) is 21.9. The van der Waals surface area contributed by atoms with Crippen LogP contribution in [0.5, 0.6) is 0 Å². The van der Waals surface area contributed by atoms with Gasteiger partial charge in [0.1, 0.15) is 12.7 Å². The fourth-order valence-electron chi connectivity index (χ4n) is 5.33. The predicted octanol–water partition coefficient (Wildman–Crippen LogP) is 8.36. The fraction of sp³-hybridized carbons (Fsp3) is 0.652. The van der Waals surface area contributed by atoms with Crippen LogP contribution in [0.25, 0.3) is 0 Å². The van der Waals surface area contributed by atoms with Crippen LogP contribution in [0.1, 0.15) is 136 Å². The van der Waals surface area contributed by atoms with Crippen LogP contribution < -0.4 is 0 Å². The molecule has 0 aliphatic rings. The molecule has 344 valence electrons. The number of aliphatic hydroxyl groups excluding tert-OH is 5. The largest absolute Gasteiger partial charge is 0.472 e. The van der Waals surface area contributed by atoms with Crippen molar-refractivity contribution >= 4 is 19.8 Å². The van der Waals surface area contributed by atoms with Crippen molar-refractivity contribution in [2.45, 2.75) is 166 Å². The van der Waals surface area contributed by atoms with Crippen molar-refractivity contribution in [1.29, 1.82) is 0 Å². The van der Waals surface area contributed by atoms with Gasteiger partial charge in [-0.3, -0.25) is 18.6 Å². The Morgan fingerprint density at radius 1 is 0.600 bits per heavy atom. The Bertz CT molecular complexity index is 1320. The highest BCUT2D eigenvalue weighted by molar-refractivity contribution is 7.47. The summed E-state index contributed by atoms with van der Waals surface area (Å²) in [6, 6.07) is 0. The summed E-state index contributed by atoms with van der Waals surface area (Å²) >= 11 is 0. The minimum absolute atomic E-state index is 0.0556. The van der Waals surface area contributed by atoms with Gasteiger partial charge in [0.15, 0.2) is 6.10 Å². The number of allylic oxidation sites excluding steroid dienone is 12. The summed E-state index contributed by atoms with van der Waals surface area (Å²) in [5.41, 5.74) is 0. The molecule has 0 aromatic carbocycles. The van der Waals surface area contributed by atoms with Gasteiger partial charge in [0, 0.05) is 12.8 Å². The lowest BCUT2D eigenvalue weighted by Gasteiger charge is -2.20. The molecule has 1 unspecified atom stereocenters. The van der Waals surface area contributed by atoms with E-state index in [1.807, 2.05) is 12.2 Å². The molecule has 0 rings (SSSR count). The molecule has 6 atom stereocenters. The molecule has 13 nitrogen and oxygen atoms in total. The van der Waals surface area contributed by atoms with Gasteiger partial charge in [0.25, 0.3) is 0 Å². The van der Waals surface area contributed by atoms with Crippen LogP contribution in [0.2, 0.25) is 0 Å². The number of carbonyl (C=O) groups excluding carboxylic acids is 2. The lowest BCUT2D eigenvalue weighted by atomic mass is 10.1.